The van der Waals surface area contributed by atoms with E-state index in [9.17, 15) is 9.59 Å². The highest BCUT2D eigenvalue weighted by Gasteiger charge is 2.50. The predicted octanol–water partition coefficient (Wildman–Crippen LogP) is 2.86. The molecule has 8 heteroatoms. The van der Waals surface area contributed by atoms with Crippen LogP contribution in [0.3, 0.4) is 0 Å². The van der Waals surface area contributed by atoms with Crippen molar-refractivity contribution in [2.75, 3.05) is 0 Å². The van der Waals surface area contributed by atoms with E-state index >= 15 is 0 Å². The third-order valence-electron chi connectivity index (χ3n) is 3.55. The SMILES string of the molecule is Cc1ccc(C(=O)NC2(C(Cl)Cl)N=C(c3cccs3)NC2=O)cc1. The van der Waals surface area contributed by atoms with E-state index in [0.29, 0.717) is 11.4 Å². The number of hydrogen-bond acceptors (Lipinski definition) is 4. The third kappa shape index (κ3) is 3.05. The van der Waals surface area contributed by atoms with Crippen molar-refractivity contribution in [2.45, 2.75) is 17.4 Å². The number of amidine groups is 1. The molecule has 1 unspecified atom stereocenters. The Labute approximate surface area is 152 Å². The lowest BCUT2D eigenvalue weighted by molar-refractivity contribution is -0.124. The fraction of sp³-hybridized carbons (Fsp3) is 0.188. The summed E-state index contributed by atoms with van der Waals surface area (Å²) in [6.07, 6.45) is 0. The molecule has 0 saturated carbocycles. The Hall–Kier alpha value is -1.89. The van der Waals surface area contributed by atoms with Crippen LogP contribution in [0, 0.1) is 6.92 Å². The van der Waals surface area contributed by atoms with Crippen molar-refractivity contribution in [3.05, 3.63) is 57.8 Å². The van der Waals surface area contributed by atoms with E-state index in [4.69, 9.17) is 23.2 Å². The van der Waals surface area contributed by atoms with Gasteiger partial charge in [0, 0.05) is 5.56 Å². The van der Waals surface area contributed by atoms with Crippen LogP contribution >= 0.6 is 34.5 Å². The van der Waals surface area contributed by atoms with Crippen LogP contribution in [0.1, 0.15) is 20.8 Å². The van der Waals surface area contributed by atoms with Crippen molar-refractivity contribution in [3.8, 4) is 0 Å². The molecule has 2 aromatic rings. The van der Waals surface area contributed by atoms with E-state index < -0.39 is 22.3 Å². The molecule has 1 aliphatic heterocycles. The van der Waals surface area contributed by atoms with Gasteiger partial charge in [-0.15, -0.1) is 11.3 Å². The third-order valence-corrected chi connectivity index (χ3v) is 5.06. The molecule has 0 bridgehead atoms. The highest BCUT2D eigenvalue weighted by atomic mass is 35.5. The Kier molecular flexibility index (Phi) is 4.62. The second-order valence-corrected chi connectivity index (χ2v) is 7.32. The molecule has 1 aromatic carbocycles. The van der Waals surface area contributed by atoms with E-state index in [1.54, 1.807) is 30.3 Å². The second-order valence-electron chi connectivity index (χ2n) is 5.28. The maximum absolute atomic E-state index is 12.5. The van der Waals surface area contributed by atoms with Crippen LogP contribution in [0.2, 0.25) is 0 Å². The van der Waals surface area contributed by atoms with Crippen LogP contribution in [0.15, 0.2) is 46.8 Å². The number of carbonyl (C=O) groups is 2. The number of amides is 2. The van der Waals surface area contributed by atoms with Crippen molar-refractivity contribution >= 4 is 52.2 Å². The largest absolute Gasteiger partial charge is 0.318 e. The van der Waals surface area contributed by atoms with Crippen LogP contribution < -0.4 is 10.6 Å². The Balaban J connectivity index is 1.93. The Bertz CT molecular complexity index is 803. The van der Waals surface area contributed by atoms with Gasteiger partial charge in [-0.1, -0.05) is 47.0 Å². The average molecular weight is 382 g/mol. The van der Waals surface area contributed by atoms with Crippen molar-refractivity contribution in [3.63, 3.8) is 0 Å². The van der Waals surface area contributed by atoms with Gasteiger partial charge >= 0.3 is 0 Å². The molecule has 0 fully saturated rings. The lowest BCUT2D eigenvalue weighted by Crippen LogP contribution is -2.58. The molecular formula is C16H13Cl2N3O2S. The lowest BCUT2D eigenvalue weighted by Gasteiger charge is -2.25. The maximum Gasteiger partial charge on any atom is 0.277 e. The summed E-state index contributed by atoms with van der Waals surface area (Å²) in [5.41, 5.74) is -0.350. The Morgan fingerprint density at radius 2 is 2.00 bits per heavy atom. The van der Waals surface area contributed by atoms with Crippen molar-refractivity contribution in [1.82, 2.24) is 10.6 Å². The van der Waals surface area contributed by atoms with E-state index in [1.807, 2.05) is 18.4 Å². The number of rotatable bonds is 4. The summed E-state index contributed by atoms with van der Waals surface area (Å²) < 4.78 is 0. The fourth-order valence-electron chi connectivity index (χ4n) is 2.23. The van der Waals surface area contributed by atoms with Crippen molar-refractivity contribution < 1.29 is 9.59 Å². The van der Waals surface area contributed by atoms with E-state index in [2.05, 4.69) is 15.6 Å². The molecule has 124 valence electrons. The monoisotopic (exact) mass is 381 g/mol. The van der Waals surface area contributed by atoms with Crippen LogP contribution in [-0.2, 0) is 4.79 Å². The minimum absolute atomic E-state index is 0.338. The zero-order valence-corrected chi connectivity index (χ0v) is 14.9. The molecule has 1 aliphatic rings. The first kappa shape index (κ1) is 17.0. The summed E-state index contributed by atoms with van der Waals surface area (Å²) >= 11 is 13.4. The van der Waals surface area contributed by atoms with E-state index in [-0.39, 0.29) is 0 Å². The minimum atomic E-state index is -1.76. The van der Waals surface area contributed by atoms with Gasteiger partial charge in [0.15, 0.2) is 4.84 Å². The average Bonchev–Trinajstić information content (AvgIpc) is 3.17. The molecule has 1 atom stereocenters. The highest BCUT2D eigenvalue weighted by Crippen LogP contribution is 2.28. The molecule has 2 heterocycles. The Morgan fingerprint density at radius 1 is 1.29 bits per heavy atom. The molecule has 0 radical (unpaired) electrons. The first-order chi connectivity index (χ1) is 11.4. The number of aryl methyl sites for hydroxylation is 1. The first-order valence-electron chi connectivity index (χ1n) is 7.05. The molecule has 2 amide bonds. The van der Waals surface area contributed by atoms with Gasteiger partial charge in [-0.25, -0.2) is 4.99 Å². The number of aliphatic imine (C=N–C) groups is 1. The molecule has 24 heavy (non-hydrogen) atoms. The normalized spacial score (nSPS) is 20.0. The zero-order chi connectivity index (χ0) is 17.3. The molecule has 0 saturated heterocycles. The number of benzene rings is 1. The van der Waals surface area contributed by atoms with Gasteiger partial charge in [-0.3, -0.25) is 9.59 Å². The van der Waals surface area contributed by atoms with Gasteiger partial charge in [-0.05, 0) is 30.5 Å². The van der Waals surface area contributed by atoms with Crippen molar-refractivity contribution in [1.29, 1.82) is 0 Å². The van der Waals surface area contributed by atoms with E-state index in [0.717, 1.165) is 10.4 Å². The summed E-state index contributed by atoms with van der Waals surface area (Å²) in [6, 6.07) is 10.6. The van der Waals surface area contributed by atoms with Crippen LogP contribution in [0.4, 0.5) is 0 Å². The number of carbonyl (C=O) groups excluding carboxylic acids is 2. The number of alkyl halides is 2. The number of thiophene rings is 1. The molecule has 1 aromatic heterocycles. The lowest BCUT2D eigenvalue weighted by atomic mass is 10.1. The molecule has 5 nitrogen and oxygen atoms in total. The molecule has 0 spiro atoms. The predicted molar refractivity (Wildman–Crippen MR) is 95.9 cm³/mol. The van der Waals surface area contributed by atoms with Gasteiger partial charge in [0.2, 0.25) is 5.66 Å². The van der Waals surface area contributed by atoms with Crippen LogP contribution in [0.25, 0.3) is 0 Å². The summed E-state index contributed by atoms with van der Waals surface area (Å²) in [5.74, 6) is -0.709. The molecule has 2 N–H and O–H groups in total. The van der Waals surface area contributed by atoms with Gasteiger partial charge < -0.3 is 10.6 Å². The summed E-state index contributed by atoms with van der Waals surface area (Å²) in [4.78, 5) is 28.7. The fourth-order valence-corrected chi connectivity index (χ4v) is 3.30. The smallest absolute Gasteiger partial charge is 0.277 e. The quantitative estimate of drug-likeness (QED) is 0.799. The van der Waals surface area contributed by atoms with Gasteiger partial charge in [0.1, 0.15) is 5.84 Å². The summed E-state index contributed by atoms with van der Waals surface area (Å²) in [7, 11) is 0. The zero-order valence-electron chi connectivity index (χ0n) is 12.5. The number of hydrogen-bond donors (Lipinski definition) is 2. The topological polar surface area (TPSA) is 70.6 Å². The summed E-state index contributed by atoms with van der Waals surface area (Å²) in [5, 5.41) is 7.06. The van der Waals surface area contributed by atoms with Gasteiger partial charge in [-0.2, -0.15) is 0 Å². The molecular weight excluding hydrogens is 369 g/mol. The van der Waals surface area contributed by atoms with Crippen LogP contribution in [-0.4, -0.2) is 28.1 Å². The molecule has 3 rings (SSSR count). The Morgan fingerprint density at radius 3 is 2.58 bits per heavy atom. The first-order valence-corrected chi connectivity index (χ1v) is 8.80. The maximum atomic E-state index is 12.5. The minimum Gasteiger partial charge on any atom is -0.318 e. The summed E-state index contributed by atoms with van der Waals surface area (Å²) in [6.45, 7) is 1.92. The van der Waals surface area contributed by atoms with Gasteiger partial charge in [0.05, 0.1) is 4.88 Å². The number of halogens is 2. The van der Waals surface area contributed by atoms with Gasteiger partial charge in [0.25, 0.3) is 11.8 Å². The molecule has 0 aliphatic carbocycles. The number of nitrogens with zero attached hydrogens (tertiary/aromatic N) is 1. The second kappa shape index (κ2) is 6.55. The highest BCUT2D eigenvalue weighted by molar-refractivity contribution is 7.12. The standard InChI is InChI=1S/C16H13Cl2N3O2S/c1-9-4-6-10(7-5-9)13(22)21-16(14(17)18)15(23)19-12(20-16)11-3-2-8-24-11/h2-8,14H,1H3,(H,21,22)(H,19,20,23). The van der Waals surface area contributed by atoms with Crippen molar-refractivity contribution in [2.24, 2.45) is 4.99 Å². The van der Waals surface area contributed by atoms with Crippen LogP contribution in [0.5, 0.6) is 0 Å². The van der Waals surface area contributed by atoms with E-state index in [1.165, 1.54) is 11.3 Å². The number of nitrogens with one attached hydrogen (secondary N) is 2.